The lowest BCUT2D eigenvalue weighted by molar-refractivity contribution is 0.0230. The lowest BCUT2D eigenvalue weighted by Crippen LogP contribution is -2.38. The molecule has 0 radical (unpaired) electrons. The molecular weight excluding hydrogens is 192 g/mol. The van der Waals surface area contributed by atoms with Gasteiger partial charge in [0.15, 0.2) is 6.04 Å². The molecule has 1 aliphatic heterocycles. The van der Waals surface area contributed by atoms with E-state index in [2.05, 4.69) is 11.0 Å². The molecule has 1 unspecified atom stereocenters. The largest absolute Gasteiger partial charge is 0.466 e. The van der Waals surface area contributed by atoms with E-state index < -0.39 is 0 Å². The van der Waals surface area contributed by atoms with Crippen molar-refractivity contribution in [1.82, 2.24) is 4.90 Å². The van der Waals surface area contributed by atoms with Gasteiger partial charge >= 0.3 is 0 Å². The predicted octanol–water partition coefficient (Wildman–Crippen LogP) is 1.48. The summed E-state index contributed by atoms with van der Waals surface area (Å²) in [5, 5.41) is 9.18. The Balaban J connectivity index is 2.17. The highest BCUT2D eigenvalue weighted by atomic mass is 16.5. The van der Waals surface area contributed by atoms with Crippen LogP contribution in [-0.2, 0) is 4.74 Å². The second-order valence-electron chi connectivity index (χ2n) is 3.65. The van der Waals surface area contributed by atoms with Crippen LogP contribution >= 0.6 is 0 Å². The summed E-state index contributed by atoms with van der Waals surface area (Å²) in [5.41, 5.74) is 1.04. The second kappa shape index (κ2) is 4.47. The van der Waals surface area contributed by atoms with Crippen molar-refractivity contribution in [3.8, 4) is 6.07 Å². The van der Waals surface area contributed by atoms with Gasteiger partial charge in [0.1, 0.15) is 5.76 Å². The van der Waals surface area contributed by atoms with Gasteiger partial charge in [0.25, 0.3) is 0 Å². The van der Waals surface area contributed by atoms with E-state index in [-0.39, 0.29) is 6.04 Å². The first kappa shape index (κ1) is 10.2. The molecule has 0 bridgehead atoms. The highest BCUT2D eigenvalue weighted by Crippen LogP contribution is 2.24. The standard InChI is InChI=1S/C11H14N2O2/c1-9-2-5-15-11(9)10(8-12)13-3-6-14-7-4-13/h2,5,10H,3-4,6-7H2,1H3. The number of hydrogen-bond donors (Lipinski definition) is 0. The van der Waals surface area contributed by atoms with Crippen molar-refractivity contribution in [1.29, 1.82) is 5.26 Å². The SMILES string of the molecule is Cc1ccoc1C(C#N)N1CCOCC1. The highest BCUT2D eigenvalue weighted by molar-refractivity contribution is 5.23. The fourth-order valence-corrected chi connectivity index (χ4v) is 1.81. The molecule has 1 atom stereocenters. The number of furan rings is 1. The Kier molecular flexibility index (Phi) is 3.05. The van der Waals surface area contributed by atoms with Crippen molar-refractivity contribution in [2.24, 2.45) is 0 Å². The molecule has 1 saturated heterocycles. The topological polar surface area (TPSA) is 49.4 Å². The van der Waals surface area contributed by atoms with Crippen LogP contribution in [0.25, 0.3) is 0 Å². The van der Waals surface area contributed by atoms with E-state index >= 15 is 0 Å². The number of aryl methyl sites for hydroxylation is 1. The summed E-state index contributed by atoms with van der Waals surface area (Å²) < 4.78 is 10.6. The summed E-state index contributed by atoms with van der Waals surface area (Å²) in [5.74, 6) is 0.763. The van der Waals surface area contributed by atoms with Gasteiger partial charge in [-0.05, 0) is 18.6 Å². The molecule has 0 aliphatic carbocycles. The molecule has 4 heteroatoms. The third-order valence-electron chi connectivity index (χ3n) is 2.68. The second-order valence-corrected chi connectivity index (χ2v) is 3.65. The summed E-state index contributed by atoms with van der Waals surface area (Å²) in [4.78, 5) is 2.09. The van der Waals surface area contributed by atoms with Crippen molar-refractivity contribution in [3.05, 3.63) is 23.7 Å². The number of ether oxygens (including phenoxy) is 1. The molecule has 1 aromatic rings. The van der Waals surface area contributed by atoms with Gasteiger partial charge in [0, 0.05) is 13.1 Å². The van der Waals surface area contributed by atoms with E-state index in [1.165, 1.54) is 0 Å². The third-order valence-corrected chi connectivity index (χ3v) is 2.68. The number of nitriles is 1. The number of hydrogen-bond acceptors (Lipinski definition) is 4. The third kappa shape index (κ3) is 2.04. The summed E-state index contributed by atoms with van der Waals surface area (Å²) in [6.07, 6.45) is 1.63. The molecule has 2 heterocycles. The molecule has 0 aromatic carbocycles. The van der Waals surface area contributed by atoms with Crippen molar-refractivity contribution < 1.29 is 9.15 Å². The van der Waals surface area contributed by atoms with Crippen molar-refractivity contribution in [2.75, 3.05) is 26.3 Å². The smallest absolute Gasteiger partial charge is 0.157 e. The molecule has 80 valence electrons. The normalized spacial score (nSPS) is 19.7. The molecule has 0 N–H and O–H groups in total. The molecule has 0 amide bonds. The van der Waals surface area contributed by atoms with Crippen LogP contribution in [0.15, 0.2) is 16.7 Å². The minimum absolute atomic E-state index is 0.274. The predicted molar refractivity (Wildman–Crippen MR) is 54.2 cm³/mol. The van der Waals surface area contributed by atoms with Crippen LogP contribution in [0.2, 0.25) is 0 Å². The minimum Gasteiger partial charge on any atom is -0.466 e. The van der Waals surface area contributed by atoms with E-state index in [1.54, 1.807) is 6.26 Å². The van der Waals surface area contributed by atoms with Crippen LogP contribution in [0.1, 0.15) is 17.4 Å². The molecule has 1 fully saturated rings. The van der Waals surface area contributed by atoms with E-state index in [9.17, 15) is 5.26 Å². The molecule has 4 nitrogen and oxygen atoms in total. The van der Waals surface area contributed by atoms with Gasteiger partial charge in [0.05, 0.1) is 25.5 Å². The van der Waals surface area contributed by atoms with Gasteiger partial charge in [-0.15, -0.1) is 0 Å². The maximum Gasteiger partial charge on any atom is 0.157 e. The number of rotatable bonds is 2. The average molecular weight is 206 g/mol. The van der Waals surface area contributed by atoms with Gasteiger partial charge in [-0.3, -0.25) is 4.90 Å². The van der Waals surface area contributed by atoms with Gasteiger partial charge in [0.2, 0.25) is 0 Å². The Morgan fingerprint density at radius 1 is 1.47 bits per heavy atom. The first-order valence-electron chi connectivity index (χ1n) is 5.08. The molecule has 1 aliphatic rings. The molecule has 15 heavy (non-hydrogen) atoms. The van der Waals surface area contributed by atoms with Crippen LogP contribution in [0.5, 0.6) is 0 Å². The molecule has 2 rings (SSSR count). The molecular formula is C11H14N2O2. The first-order valence-corrected chi connectivity index (χ1v) is 5.08. The lowest BCUT2D eigenvalue weighted by Gasteiger charge is -2.29. The van der Waals surface area contributed by atoms with Crippen molar-refractivity contribution >= 4 is 0 Å². The molecule has 0 saturated carbocycles. The average Bonchev–Trinajstić information content (AvgIpc) is 2.68. The van der Waals surface area contributed by atoms with Gasteiger partial charge < -0.3 is 9.15 Å². The van der Waals surface area contributed by atoms with Crippen molar-refractivity contribution in [2.45, 2.75) is 13.0 Å². The zero-order valence-corrected chi connectivity index (χ0v) is 8.77. The maximum absolute atomic E-state index is 9.18. The van der Waals surface area contributed by atoms with Gasteiger partial charge in [-0.2, -0.15) is 5.26 Å². The lowest BCUT2D eigenvalue weighted by atomic mass is 10.1. The van der Waals surface area contributed by atoms with E-state index in [0.717, 1.165) is 24.4 Å². The monoisotopic (exact) mass is 206 g/mol. The Morgan fingerprint density at radius 3 is 2.73 bits per heavy atom. The van der Waals surface area contributed by atoms with Crippen LogP contribution < -0.4 is 0 Å². The summed E-state index contributed by atoms with van der Waals surface area (Å²) in [6, 6.07) is 3.91. The summed E-state index contributed by atoms with van der Waals surface area (Å²) in [6.45, 7) is 4.93. The fraction of sp³-hybridized carbons (Fsp3) is 0.545. The number of morpholine rings is 1. The number of nitrogens with zero attached hydrogens (tertiary/aromatic N) is 2. The van der Waals surface area contributed by atoms with Crippen LogP contribution in [0.4, 0.5) is 0 Å². The quantitative estimate of drug-likeness (QED) is 0.735. The minimum atomic E-state index is -0.274. The van der Waals surface area contributed by atoms with E-state index in [1.807, 2.05) is 13.0 Å². The molecule has 0 spiro atoms. The first-order chi connectivity index (χ1) is 7.33. The zero-order valence-electron chi connectivity index (χ0n) is 8.77. The van der Waals surface area contributed by atoms with Crippen LogP contribution in [0.3, 0.4) is 0 Å². The Labute approximate surface area is 89.0 Å². The maximum atomic E-state index is 9.18. The van der Waals surface area contributed by atoms with Gasteiger partial charge in [-0.25, -0.2) is 0 Å². The summed E-state index contributed by atoms with van der Waals surface area (Å²) >= 11 is 0. The Hall–Kier alpha value is -1.31. The van der Waals surface area contributed by atoms with E-state index in [0.29, 0.717) is 13.2 Å². The van der Waals surface area contributed by atoms with Crippen LogP contribution in [-0.4, -0.2) is 31.2 Å². The summed E-state index contributed by atoms with van der Waals surface area (Å²) in [7, 11) is 0. The van der Waals surface area contributed by atoms with Crippen molar-refractivity contribution in [3.63, 3.8) is 0 Å². The van der Waals surface area contributed by atoms with Gasteiger partial charge in [-0.1, -0.05) is 0 Å². The highest BCUT2D eigenvalue weighted by Gasteiger charge is 2.25. The fourth-order valence-electron chi connectivity index (χ4n) is 1.81. The Morgan fingerprint density at radius 2 is 2.20 bits per heavy atom. The van der Waals surface area contributed by atoms with Crippen LogP contribution in [0, 0.1) is 18.3 Å². The Bertz CT molecular complexity index is 361. The molecule has 1 aromatic heterocycles. The zero-order chi connectivity index (χ0) is 10.7. The van der Waals surface area contributed by atoms with E-state index in [4.69, 9.17) is 9.15 Å².